The molecule has 1 heterocycles. The van der Waals surface area contributed by atoms with Gasteiger partial charge in [0.15, 0.2) is 0 Å². The Morgan fingerprint density at radius 2 is 2.38 bits per heavy atom. The average molecular weight is 287 g/mol. The van der Waals surface area contributed by atoms with Crippen molar-refractivity contribution in [1.29, 1.82) is 0 Å². The molecule has 0 bridgehead atoms. The molecule has 1 atom stereocenters. The molecule has 5 heteroatoms. The maximum atomic E-state index is 13.4. The van der Waals surface area contributed by atoms with Gasteiger partial charge >= 0.3 is 0 Å². The number of anilines is 1. The van der Waals surface area contributed by atoms with E-state index in [1.807, 2.05) is 0 Å². The number of nitrogens with one attached hydrogen (secondary N) is 2. The van der Waals surface area contributed by atoms with Crippen LogP contribution in [0.2, 0.25) is 0 Å². The summed E-state index contributed by atoms with van der Waals surface area (Å²) in [4.78, 5) is 11.7. The second-order valence-electron chi connectivity index (χ2n) is 3.76. The molecule has 2 rings (SSSR count). The van der Waals surface area contributed by atoms with Crippen molar-refractivity contribution in [3.8, 4) is 0 Å². The summed E-state index contributed by atoms with van der Waals surface area (Å²) in [5, 5.41) is 5.65. The number of benzene rings is 1. The van der Waals surface area contributed by atoms with E-state index in [1.165, 1.54) is 6.07 Å². The number of hydrogen-bond donors (Lipinski definition) is 2. The van der Waals surface area contributed by atoms with Crippen molar-refractivity contribution in [2.75, 3.05) is 11.9 Å². The smallest absolute Gasteiger partial charge is 0.241 e. The summed E-state index contributed by atoms with van der Waals surface area (Å²) in [6.07, 6.45) is 1.80. The van der Waals surface area contributed by atoms with Crippen molar-refractivity contribution in [2.24, 2.45) is 0 Å². The summed E-state index contributed by atoms with van der Waals surface area (Å²) in [6, 6.07) is 4.38. The lowest BCUT2D eigenvalue weighted by Crippen LogP contribution is -2.35. The van der Waals surface area contributed by atoms with Crippen LogP contribution in [0.1, 0.15) is 12.8 Å². The molecule has 1 aromatic rings. The van der Waals surface area contributed by atoms with Gasteiger partial charge in [0.25, 0.3) is 0 Å². The van der Waals surface area contributed by atoms with Crippen molar-refractivity contribution in [1.82, 2.24) is 5.32 Å². The second kappa shape index (κ2) is 4.93. The lowest BCUT2D eigenvalue weighted by molar-refractivity contribution is -0.117. The summed E-state index contributed by atoms with van der Waals surface area (Å²) >= 11 is 3.16. The van der Waals surface area contributed by atoms with Crippen LogP contribution in [-0.4, -0.2) is 18.5 Å². The summed E-state index contributed by atoms with van der Waals surface area (Å²) in [6.45, 7) is 0.848. The van der Waals surface area contributed by atoms with Crippen LogP contribution in [0.5, 0.6) is 0 Å². The maximum Gasteiger partial charge on any atom is 0.241 e. The minimum absolute atomic E-state index is 0.168. The normalized spacial score (nSPS) is 19.8. The minimum atomic E-state index is -0.430. The van der Waals surface area contributed by atoms with E-state index in [9.17, 15) is 9.18 Å². The van der Waals surface area contributed by atoms with Crippen molar-refractivity contribution < 1.29 is 9.18 Å². The summed E-state index contributed by atoms with van der Waals surface area (Å²) in [7, 11) is 0. The van der Waals surface area contributed by atoms with Gasteiger partial charge in [-0.1, -0.05) is 15.9 Å². The fraction of sp³-hybridized carbons (Fsp3) is 0.364. The quantitative estimate of drug-likeness (QED) is 0.876. The predicted octanol–water partition coefficient (Wildman–Crippen LogP) is 2.28. The molecule has 1 fully saturated rings. The Morgan fingerprint density at radius 3 is 3.00 bits per heavy atom. The predicted molar refractivity (Wildman–Crippen MR) is 63.8 cm³/mol. The highest BCUT2D eigenvalue weighted by Gasteiger charge is 2.22. The van der Waals surface area contributed by atoms with Crippen LogP contribution in [0.3, 0.4) is 0 Å². The Hall–Kier alpha value is -0.940. The van der Waals surface area contributed by atoms with E-state index in [0.717, 1.165) is 19.4 Å². The lowest BCUT2D eigenvalue weighted by Gasteiger charge is -2.11. The highest BCUT2D eigenvalue weighted by molar-refractivity contribution is 9.10. The highest BCUT2D eigenvalue weighted by Crippen LogP contribution is 2.20. The van der Waals surface area contributed by atoms with Gasteiger partial charge in [-0.2, -0.15) is 0 Å². The average Bonchev–Trinajstić information content (AvgIpc) is 2.75. The van der Waals surface area contributed by atoms with Gasteiger partial charge in [-0.3, -0.25) is 4.79 Å². The standard InChI is InChI=1S/C11H12BrFN2O/c12-7-3-4-9(8(13)6-7)15-11(16)10-2-1-5-14-10/h3-4,6,10,14H,1-2,5H2,(H,15,16)/t10-/m0/s1. The molecule has 1 saturated heterocycles. The van der Waals surface area contributed by atoms with E-state index in [-0.39, 0.29) is 17.6 Å². The number of halogens is 2. The van der Waals surface area contributed by atoms with Gasteiger partial charge in [0.2, 0.25) is 5.91 Å². The summed E-state index contributed by atoms with van der Waals surface area (Å²) in [5.41, 5.74) is 0.224. The lowest BCUT2D eigenvalue weighted by atomic mass is 10.2. The van der Waals surface area contributed by atoms with Gasteiger partial charge < -0.3 is 10.6 Å². The number of rotatable bonds is 2. The zero-order valence-corrected chi connectivity index (χ0v) is 10.2. The van der Waals surface area contributed by atoms with Gasteiger partial charge in [0.05, 0.1) is 11.7 Å². The third kappa shape index (κ3) is 2.59. The SMILES string of the molecule is O=C(Nc1ccc(Br)cc1F)[C@@H]1CCCN1. The molecule has 1 aliphatic heterocycles. The number of hydrogen-bond acceptors (Lipinski definition) is 2. The van der Waals surface area contributed by atoms with E-state index in [1.54, 1.807) is 12.1 Å². The van der Waals surface area contributed by atoms with Crippen molar-refractivity contribution in [3.63, 3.8) is 0 Å². The first-order valence-corrected chi connectivity index (χ1v) is 5.95. The van der Waals surface area contributed by atoms with Crippen LogP contribution in [0.25, 0.3) is 0 Å². The van der Waals surface area contributed by atoms with Crippen LogP contribution in [0.15, 0.2) is 22.7 Å². The molecule has 0 aromatic heterocycles. The molecular weight excluding hydrogens is 275 g/mol. The number of carbonyl (C=O) groups is 1. The minimum Gasteiger partial charge on any atom is -0.322 e. The van der Waals surface area contributed by atoms with E-state index in [0.29, 0.717) is 4.47 Å². The third-order valence-corrected chi connectivity index (χ3v) is 3.06. The zero-order valence-electron chi connectivity index (χ0n) is 8.59. The Balaban J connectivity index is 2.05. The van der Waals surface area contributed by atoms with Crippen LogP contribution in [-0.2, 0) is 4.79 Å². The molecule has 0 aliphatic carbocycles. The van der Waals surface area contributed by atoms with E-state index in [4.69, 9.17) is 0 Å². The molecule has 1 aliphatic rings. The Labute approximate surface area is 102 Å². The largest absolute Gasteiger partial charge is 0.322 e. The Kier molecular flexibility index (Phi) is 3.56. The van der Waals surface area contributed by atoms with Crippen molar-refractivity contribution in [3.05, 3.63) is 28.5 Å². The van der Waals surface area contributed by atoms with Gasteiger partial charge in [-0.05, 0) is 37.6 Å². The first-order chi connectivity index (χ1) is 7.66. The number of carbonyl (C=O) groups excluding carboxylic acids is 1. The Bertz CT molecular complexity index is 405. The Morgan fingerprint density at radius 1 is 1.56 bits per heavy atom. The summed E-state index contributed by atoms with van der Waals surface area (Å²) in [5.74, 6) is -0.598. The van der Waals surface area contributed by atoms with Crippen LogP contribution in [0.4, 0.5) is 10.1 Å². The van der Waals surface area contributed by atoms with E-state index < -0.39 is 5.82 Å². The highest BCUT2D eigenvalue weighted by atomic mass is 79.9. The third-order valence-electron chi connectivity index (χ3n) is 2.57. The molecule has 1 amide bonds. The van der Waals surface area contributed by atoms with Gasteiger partial charge in [0.1, 0.15) is 5.82 Å². The van der Waals surface area contributed by atoms with Crippen molar-refractivity contribution in [2.45, 2.75) is 18.9 Å². The molecule has 3 nitrogen and oxygen atoms in total. The fourth-order valence-electron chi connectivity index (χ4n) is 1.72. The zero-order chi connectivity index (χ0) is 11.5. The van der Waals surface area contributed by atoms with E-state index >= 15 is 0 Å². The van der Waals surface area contributed by atoms with E-state index in [2.05, 4.69) is 26.6 Å². The van der Waals surface area contributed by atoms with Gasteiger partial charge in [-0.15, -0.1) is 0 Å². The molecular formula is C11H12BrFN2O. The molecule has 86 valence electrons. The van der Waals surface area contributed by atoms with Crippen LogP contribution in [0, 0.1) is 5.82 Å². The van der Waals surface area contributed by atoms with Gasteiger partial charge in [0, 0.05) is 4.47 Å². The molecule has 1 aromatic carbocycles. The first-order valence-electron chi connectivity index (χ1n) is 5.16. The summed E-state index contributed by atoms with van der Waals surface area (Å²) < 4.78 is 14.1. The second-order valence-corrected chi connectivity index (χ2v) is 4.68. The topological polar surface area (TPSA) is 41.1 Å². The molecule has 0 radical (unpaired) electrons. The fourth-order valence-corrected chi connectivity index (χ4v) is 2.05. The molecule has 0 spiro atoms. The van der Waals surface area contributed by atoms with Crippen molar-refractivity contribution >= 4 is 27.5 Å². The van der Waals surface area contributed by atoms with Crippen LogP contribution >= 0.6 is 15.9 Å². The van der Waals surface area contributed by atoms with Gasteiger partial charge in [-0.25, -0.2) is 4.39 Å². The molecule has 0 unspecified atom stereocenters. The first kappa shape index (κ1) is 11.5. The monoisotopic (exact) mass is 286 g/mol. The maximum absolute atomic E-state index is 13.4. The number of amides is 1. The molecule has 2 N–H and O–H groups in total. The molecule has 0 saturated carbocycles. The van der Waals surface area contributed by atoms with Crippen LogP contribution < -0.4 is 10.6 Å². The molecule has 16 heavy (non-hydrogen) atoms.